The van der Waals surface area contributed by atoms with Crippen molar-refractivity contribution in [3.05, 3.63) is 44.4 Å². The molecule has 1 atom stereocenters. The molecule has 17 heavy (non-hydrogen) atoms. The fourth-order valence-electron chi connectivity index (χ4n) is 1.96. The van der Waals surface area contributed by atoms with Gasteiger partial charge in [0.05, 0.1) is 5.69 Å². The molecule has 0 spiro atoms. The molecule has 1 aromatic heterocycles. The first-order valence-electron chi connectivity index (χ1n) is 5.48. The molecule has 0 amide bonds. The first-order chi connectivity index (χ1) is 7.99. The quantitative estimate of drug-likeness (QED) is 0.900. The number of nitrogen functional groups attached to an aromatic ring is 1. The summed E-state index contributed by atoms with van der Waals surface area (Å²) in [5, 5.41) is 0.646. The van der Waals surface area contributed by atoms with Gasteiger partial charge in [0.2, 0.25) is 0 Å². The van der Waals surface area contributed by atoms with Crippen molar-refractivity contribution in [2.24, 2.45) is 0 Å². The molecule has 2 rings (SSSR count). The van der Waals surface area contributed by atoms with Gasteiger partial charge in [-0.3, -0.25) is 0 Å². The molecule has 2 nitrogen and oxygen atoms in total. The van der Waals surface area contributed by atoms with E-state index >= 15 is 0 Å². The lowest BCUT2D eigenvalue weighted by atomic mass is 9.98. The van der Waals surface area contributed by atoms with E-state index in [0.29, 0.717) is 11.0 Å². The Hall–Kier alpha value is -0.870. The van der Waals surface area contributed by atoms with Gasteiger partial charge in [-0.05, 0) is 31.0 Å². The summed E-state index contributed by atoms with van der Waals surface area (Å²) in [6, 6.07) is 6.45. The first-order valence-corrected chi connectivity index (χ1v) is 7.09. The van der Waals surface area contributed by atoms with Crippen LogP contribution < -0.4 is 5.73 Å². The molecule has 0 saturated heterocycles. The van der Waals surface area contributed by atoms with Gasteiger partial charge in [0, 0.05) is 15.3 Å². The highest BCUT2D eigenvalue weighted by Crippen LogP contribution is 2.36. The molecule has 0 radical (unpaired) electrons. The number of aryl methyl sites for hydroxylation is 2. The van der Waals surface area contributed by atoms with Crippen LogP contribution in [0.1, 0.15) is 34.5 Å². The minimum Gasteiger partial charge on any atom is -0.375 e. The molecule has 1 aromatic carbocycles. The molecular formula is C13H15BrN2S. The van der Waals surface area contributed by atoms with Crippen molar-refractivity contribution < 1.29 is 0 Å². The van der Waals surface area contributed by atoms with Crippen LogP contribution in [-0.4, -0.2) is 4.98 Å². The van der Waals surface area contributed by atoms with Gasteiger partial charge in [0.25, 0.3) is 0 Å². The Morgan fingerprint density at radius 1 is 1.35 bits per heavy atom. The third-order valence-corrected chi connectivity index (χ3v) is 4.72. The Balaban J connectivity index is 2.43. The van der Waals surface area contributed by atoms with Gasteiger partial charge < -0.3 is 5.73 Å². The van der Waals surface area contributed by atoms with E-state index in [1.165, 1.54) is 16.0 Å². The van der Waals surface area contributed by atoms with E-state index in [4.69, 9.17) is 5.73 Å². The zero-order chi connectivity index (χ0) is 12.6. The maximum absolute atomic E-state index is 5.75. The van der Waals surface area contributed by atoms with E-state index in [9.17, 15) is 0 Å². The predicted octanol–water partition coefficient (Wildman–Crippen LogP) is 4.26. The fourth-order valence-corrected chi connectivity index (χ4v) is 3.70. The molecule has 90 valence electrons. The van der Waals surface area contributed by atoms with Gasteiger partial charge in [-0.15, -0.1) is 11.3 Å². The lowest BCUT2D eigenvalue weighted by Gasteiger charge is -2.13. The summed E-state index contributed by atoms with van der Waals surface area (Å²) in [6.07, 6.45) is 0. The van der Waals surface area contributed by atoms with Crippen LogP contribution in [0.4, 0.5) is 5.13 Å². The lowest BCUT2D eigenvalue weighted by molar-refractivity contribution is 0.919. The van der Waals surface area contributed by atoms with E-state index in [1.807, 2.05) is 6.92 Å². The highest BCUT2D eigenvalue weighted by Gasteiger charge is 2.17. The van der Waals surface area contributed by atoms with Crippen LogP contribution in [0.15, 0.2) is 22.7 Å². The number of halogens is 1. The lowest BCUT2D eigenvalue weighted by Crippen LogP contribution is -1.97. The van der Waals surface area contributed by atoms with E-state index in [0.717, 1.165) is 10.2 Å². The third-order valence-electron chi connectivity index (χ3n) is 2.86. The SMILES string of the molecule is Cc1ccc(C(C)c2sc(N)nc2C)c(Br)c1. The number of benzene rings is 1. The maximum Gasteiger partial charge on any atom is 0.180 e. The smallest absolute Gasteiger partial charge is 0.180 e. The Labute approximate surface area is 114 Å². The van der Waals surface area contributed by atoms with Crippen LogP contribution >= 0.6 is 27.3 Å². The number of aromatic nitrogens is 1. The minimum atomic E-state index is 0.319. The van der Waals surface area contributed by atoms with Crippen molar-refractivity contribution in [2.45, 2.75) is 26.7 Å². The summed E-state index contributed by atoms with van der Waals surface area (Å²) in [6.45, 7) is 6.30. The van der Waals surface area contributed by atoms with Crippen molar-refractivity contribution >= 4 is 32.4 Å². The largest absolute Gasteiger partial charge is 0.375 e. The van der Waals surface area contributed by atoms with Gasteiger partial charge in [-0.1, -0.05) is 35.0 Å². The highest BCUT2D eigenvalue weighted by molar-refractivity contribution is 9.10. The molecule has 0 fully saturated rings. The van der Waals surface area contributed by atoms with E-state index in [2.05, 4.69) is 53.0 Å². The Morgan fingerprint density at radius 3 is 2.59 bits per heavy atom. The Bertz CT molecular complexity index is 548. The average Bonchev–Trinajstić information content (AvgIpc) is 2.57. The molecular weight excluding hydrogens is 296 g/mol. The Morgan fingerprint density at radius 2 is 2.06 bits per heavy atom. The highest BCUT2D eigenvalue weighted by atomic mass is 79.9. The maximum atomic E-state index is 5.75. The van der Waals surface area contributed by atoms with Crippen LogP contribution in [0.3, 0.4) is 0 Å². The molecule has 2 N–H and O–H groups in total. The number of nitrogens with two attached hydrogens (primary N) is 1. The summed E-state index contributed by atoms with van der Waals surface area (Å²) in [4.78, 5) is 5.53. The second-order valence-electron chi connectivity index (χ2n) is 4.25. The van der Waals surface area contributed by atoms with Crippen LogP contribution in [-0.2, 0) is 0 Å². The van der Waals surface area contributed by atoms with E-state index in [-0.39, 0.29) is 0 Å². The number of rotatable bonds is 2. The van der Waals surface area contributed by atoms with Crippen LogP contribution in [0.2, 0.25) is 0 Å². The summed E-state index contributed by atoms with van der Waals surface area (Å²) in [5.41, 5.74) is 9.33. The van der Waals surface area contributed by atoms with Crippen molar-refractivity contribution in [3.8, 4) is 0 Å². The van der Waals surface area contributed by atoms with Gasteiger partial charge in [0.1, 0.15) is 0 Å². The summed E-state index contributed by atoms with van der Waals surface area (Å²) < 4.78 is 1.15. The second-order valence-corrected chi connectivity index (χ2v) is 6.16. The normalized spacial score (nSPS) is 12.7. The number of anilines is 1. The summed E-state index contributed by atoms with van der Waals surface area (Å²) >= 11 is 5.21. The Kier molecular flexibility index (Phi) is 3.54. The molecule has 1 heterocycles. The predicted molar refractivity (Wildman–Crippen MR) is 77.7 cm³/mol. The van der Waals surface area contributed by atoms with Gasteiger partial charge in [0.15, 0.2) is 5.13 Å². The van der Waals surface area contributed by atoms with Crippen LogP contribution in [0.5, 0.6) is 0 Å². The van der Waals surface area contributed by atoms with Crippen molar-refractivity contribution in [1.29, 1.82) is 0 Å². The number of nitrogens with zero attached hydrogens (tertiary/aromatic N) is 1. The standard InChI is InChI=1S/C13H15BrN2S/c1-7-4-5-10(11(14)6-7)8(2)12-9(3)16-13(15)17-12/h4-6,8H,1-3H3,(H2,15,16). The molecule has 2 aromatic rings. The monoisotopic (exact) mass is 310 g/mol. The molecule has 0 saturated carbocycles. The first kappa shape index (κ1) is 12.6. The van der Waals surface area contributed by atoms with Crippen LogP contribution in [0.25, 0.3) is 0 Å². The topological polar surface area (TPSA) is 38.9 Å². The third kappa shape index (κ3) is 2.53. The molecule has 0 aliphatic rings. The van der Waals surface area contributed by atoms with Gasteiger partial charge >= 0.3 is 0 Å². The summed E-state index contributed by atoms with van der Waals surface area (Å²) in [7, 11) is 0. The van der Waals surface area contributed by atoms with Crippen molar-refractivity contribution in [3.63, 3.8) is 0 Å². The van der Waals surface area contributed by atoms with Crippen molar-refractivity contribution in [1.82, 2.24) is 4.98 Å². The second kappa shape index (κ2) is 4.78. The minimum absolute atomic E-state index is 0.319. The van der Waals surface area contributed by atoms with Crippen LogP contribution in [0, 0.1) is 13.8 Å². The van der Waals surface area contributed by atoms with Gasteiger partial charge in [-0.2, -0.15) is 0 Å². The van der Waals surface area contributed by atoms with Gasteiger partial charge in [-0.25, -0.2) is 4.98 Å². The number of thiazole rings is 1. The molecule has 0 aliphatic heterocycles. The number of hydrogen-bond acceptors (Lipinski definition) is 3. The fraction of sp³-hybridized carbons (Fsp3) is 0.308. The summed E-state index contributed by atoms with van der Waals surface area (Å²) in [5.74, 6) is 0.319. The molecule has 0 aliphatic carbocycles. The molecule has 4 heteroatoms. The molecule has 0 bridgehead atoms. The van der Waals surface area contributed by atoms with E-state index < -0.39 is 0 Å². The average molecular weight is 311 g/mol. The molecule has 1 unspecified atom stereocenters. The zero-order valence-corrected chi connectivity index (χ0v) is 12.5. The van der Waals surface area contributed by atoms with E-state index in [1.54, 1.807) is 11.3 Å². The van der Waals surface area contributed by atoms with Crippen molar-refractivity contribution in [2.75, 3.05) is 5.73 Å². The zero-order valence-electron chi connectivity index (χ0n) is 10.1. The number of hydrogen-bond donors (Lipinski definition) is 1.